The zero-order valence-corrected chi connectivity index (χ0v) is 13.6. The number of aromatic nitrogens is 1. The predicted octanol–water partition coefficient (Wildman–Crippen LogP) is 1.67. The largest absolute Gasteiger partial charge is 0.444 e. The Morgan fingerprint density at radius 3 is 2.59 bits per heavy atom. The molecule has 1 aliphatic heterocycles. The number of hydrogen-bond donors (Lipinski definition) is 1. The van der Waals surface area contributed by atoms with Crippen LogP contribution in [0.2, 0.25) is 0 Å². The molecule has 2 atom stereocenters. The number of carbonyl (C=O) groups is 1. The van der Waals surface area contributed by atoms with Gasteiger partial charge in [-0.1, -0.05) is 6.07 Å². The van der Waals surface area contributed by atoms with Crippen molar-refractivity contribution in [3.63, 3.8) is 0 Å². The van der Waals surface area contributed by atoms with Crippen LogP contribution in [0.4, 0.5) is 4.79 Å². The summed E-state index contributed by atoms with van der Waals surface area (Å²) in [6.07, 6.45) is 2.53. The van der Waals surface area contributed by atoms with Gasteiger partial charge in [0.1, 0.15) is 10.9 Å². The van der Waals surface area contributed by atoms with Gasteiger partial charge in [0.25, 0.3) is 10.1 Å². The van der Waals surface area contributed by atoms with E-state index in [1.807, 2.05) is 0 Å². The average Bonchev–Trinajstić information content (AvgIpc) is 2.82. The molecule has 0 aliphatic carbocycles. The highest BCUT2D eigenvalue weighted by molar-refractivity contribution is 7.86. The lowest BCUT2D eigenvalue weighted by atomic mass is 10.0. The Hall–Kier alpha value is -1.67. The molecular weight excluding hydrogens is 308 g/mol. The lowest BCUT2D eigenvalue weighted by Crippen LogP contribution is -2.36. The summed E-state index contributed by atoms with van der Waals surface area (Å²) in [4.78, 5) is 17.4. The van der Waals surface area contributed by atoms with Crippen molar-refractivity contribution >= 4 is 16.2 Å². The minimum absolute atomic E-state index is 0.104. The van der Waals surface area contributed by atoms with E-state index in [9.17, 15) is 17.8 Å². The van der Waals surface area contributed by atoms with E-state index in [0.29, 0.717) is 5.56 Å². The fourth-order valence-electron chi connectivity index (χ4n) is 2.47. The van der Waals surface area contributed by atoms with Gasteiger partial charge in [0, 0.05) is 31.4 Å². The molecule has 0 aromatic carbocycles. The van der Waals surface area contributed by atoms with E-state index in [4.69, 9.17) is 4.74 Å². The second-order valence-corrected chi connectivity index (χ2v) is 7.97. The molecule has 1 amide bonds. The zero-order chi connectivity index (χ0) is 16.5. The Morgan fingerprint density at radius 1 is 1.41 bits per heavy atom. The summed E-state index contributed by atoms with van der Waals surface area (Å²) in [7, 11) is -4.29. The fraction of sp³-hybridized carbons (Fsp3) is 0.571. The highest BCUT2D eigenvalue weighted by Crippen LogP contribution is 2.32. The van der Waals surface area contributed by atoms with E-state index in [0.717, 1.165) is 0 Å². The molecule has 22 heavy (non-hydrogen) atoms. The molecule has 7 nitrogen and oxygen atoms in total. The van der Waals surface area contributed by atoms with E-state index in [2.05, 4.69) is 4.98 Å². The van der Waals surface area contributed by atoms with Gasteiger partial charge in [-0.15, -0.1) is 0 Å². The third-order valence-electron chi connectivity index (χ3n) is 3.41. The molecule has 2 rings (SSSR count). The summed E-state index contributed by atoms with van der Waals surface area (Å²) in [6.45, 7) is 5.26. The molecule has 2 heterocycles. The molecule has 1 N–H and O–H groups in total. The Kier molecular flexibility index (Phi) is 4.44. The van der Waals surface area contributed by atoms with Crippen LogP contribution in [0.15, 0.2) is 24.5 Å². The average molecular weight is 328 g/mol. The number of rotatable bonds is 2. The maximum Gasteiger partial charge on any atom is 0.410 e. The molecule has 1 saturated heterocycles. The highest BCUT2D eigenvalue weighted by Gasteiger charge is 2.44. The van der Waals surface area contributed by atoms with Crippen LogP contribution in [-0.2, 0) is 14.9 Å². The van der Waals surface area contributed by atoms with E-state index in [1.54, 1.807) is 45.3 Å². The number of nitrogens with zero attached hydrogens (tertiary/aromatic N) is 2. The van der Waals surface area contributed by atoms with Crippen LogP contribution in [0, 0.1) is 0 Å². The van der Waals surface area contributed by atoms with Gasteiger partial charge in [-0.3, -0.25) is 9.54 Å². The Balaban J connectivity index is 2.24. The predicted molar refractivity (Wildman–Crippen MR) is 80.1 cm³/mol. The standard InChI is InChI=1S/C14H20N2O5S/c1-14(2,3)21-13(17)16-8-11(10-5-4-6-15-7-10)12(9-16)22(18,19)20/h4-7,11-12H,8-9H2,1-3H3,(H,18,19,20). The van der Waals surface area contributed by atoms with Gasteiger partial charge in [0.05, 0.1) is 0 Å². The summed E-state index contributed by atoms with van der Waals surface area (Å²) >= 11 is 0. The third-order valence-corrected chi connectivity index (χ3v) is 4.66. The summed E-state index contributed by atoms with van der Waals surface area (Å²) in [5.74, 6) is -0.531. The number of carbonyl (C=O) groups excluding carboxylic acids is 1. The van der Waals surface area contributed by atoms with Crippen LogP contribution in [0.1, 0.15) is 32.3 Å². The smallest absolute Gasteiger partial charge is 0.410 e. The number of amides is 1. The minimum Gasteiger partial charge on any atom is -0.444 e. The van der Waals surface area contributed by atoms with Gasteiger partial charge >= 0.3 is 6.09 Å². The van der Waals surface area contributed by atoms with Gasteiger partial charge in [0.2, 0.25) is 0 Å². The summed E-state index contributed by atoms with van der Waals surface area (Å²) in [6, 6.07) is 3.42. The van der Waals surface area contributed by atoms with E-state index >= 15 is 0 Å². The van der Waals surface area contributed by atoms with Crippen LogP contribution >= 0.6 is 0 Å². The van der Waals surface area contributed by atoms with Crippen LogP contribution in [0.25, 0.3) is 0 Å². The second-order valence-electron chi connectivity index (χ2n) is 6.33. The summed E-state index contributed by atoms with van der Waals surface area (Å²) < 4.78 is 38.0. The van der Waals surface area contributed by atoms with Gasteiger partial charge in [-0.05, 0) is 32.4 Å². The SMILES string of the molecule is CC(C)(C)OC(=O)N1CC(c2cccnc2)C(S(=O)(=O)O)C1. The molecular formula is C14H20N2O5S. The fourth-order valence-corrected chi connectivity index (χ4v) is 3.49. The third kappa shape index (κ3) is 3.95. The van der Waals surface area contributed by atoms with Gasteiger partial charge in [-0.2, -0.15) is 8.42 Å². The van der Waals surface area contributed by atoms with Crippen LogP contribution in [0.3, 0.4) is 0 Å². The molecule has 2 unspecified atom stereocenters. The molecule has 8 heteroatoms. The normalized spacial score (nSPS) is 22.6. The molecule has 122 valence electrons. The van der Waals surface area contributed by atoms with Gasteiger partial charge in [0.15, 0.2) is 0 Å². The monoisotopic (exact) mass is 328 g/mol. The van der Waals surface area contributed by atoms with Crippen molar-refractivity contribution in [2.45, 2.75) is 37.5 Å². The zero-order valence-electron chi connectivity index (χ0n) is 12.8. The van der Waals surface area contributed by atoms with Crippen LogP contribution < -0.4 is 0 Å². The van der Waals surface area contributed by atoms with Crippen molar-refractivity contribution < 1.29 is 22.5 Å². The van der Waals surface area contributed by atoms with E-state index in [1.165, 1.54) is 4.90 Å². The molecule has 0 spiro atoms. The Bertz CT molecular complexity index is 639. The molecule has 1 aromatic rings. The molecule has 0 bridgehead atoms. The summed E-state index contributed by atoms with van der Waals surface area (Å²) in [5.41, 5.74) is -0.00645. The van der Waals surface area contributed by atoms with Crippen molar-refractivity contribution in [3.05, 3.63) is 30.1 Å². The number of pyridine rings is 1. The first-order chi connectivity index (χ1) is 10.1. The topological polar surface area (TPSA) is 96.8 Å². The van der Waals surface area contributed by atoms with Crippen LogP contribution in [0.5, 0.6) is 0 Å². The van der Waals surface area contributed by atoms with Crippen molar-refractivity contribution in [2.24, 2.45) is 0 Å². The highest BCUT2D eigenvalue weighted by atomic mass is 32.2. The Labute approximate surface area is 130 Å². The number of ether oxygens (including phenoxy) is 1. The van der Waals surface area contributed by atoms with Crippen LogP contribution in [-0.4, -0.2) is 52.9 Å². The molecule has 0 radical (unpaired) electrons. The molecule has 1 aromatic heterocycles. The second kappa shape index (κ2) is 5.85. The number of likely N-dealkylation sites (tertiary alicyclic amines) is 1. The maximum absolute atomic E-state index is 12.1. The molecule has 1 aliphatic rings. The number of hydrogen-bond acceptors (Lipinski definition) is 5. The first-order valence-electron chi connectivity index (χ1n) is 6.92. The van der Waals surface area contributed by atoms with Crippen molar-refractivity contribution in [1.29, 1.82) is 0 Å². The lowest BCUT2D eigenvalue weighted by Gasteiger charge is -2.24. The van der Waals surface area contributed by atoms with E-state index in [-0.39, 0.29) is 13.1 Å². The van der Waals surface area contributed by atoms with Gasteiger partial charge < -0.3 is 9.64 Å². The van der Waals surface area contributed by atoms with E-state index < -0.39 is 33.0 Å². The first-order valence-corrected chi connectivity index (χ1v) is 8.42. The van der Waals surface area contributed by atoms with Gasteiger partial charge in [-0.25, -0.2) is 4.79 Å². The molecule has 1 fully saturated rings. The van der Waals surface area contributed by atoms with Crippen molar-refractivity contribution in [3.8, 4) is 0 Å². The Morgan fingerprint density at radius 2 is 2.09 bits per heavy atom. The maximum atomic E-state index is 12.1. The molecule has 0 saturated carbocycles. The quantitative estimate of drug-likeness (QED) is 0.830. The minimum atomic E-state index is -4.29. The van der Waals surface area contributed by atoms with Crippen molar-refractivity contribution in [1.82, 2.24) is 9.88 Å². The summed E-state index contributed by atoms with van der Waals surface area (Å²) in [5, 5.41) is -1.08. The lowest BCUT2D eigenvalue weighted by molar-refractivity contribution is 0.0293. The first kappa shape index (κ1) is 16.7. The van der Waals surface area contributed by atoms with Crippen molar-refractivity contribution in [2.75, 3.05) is 13.1 Å².